The first-order valence-electron chi connectivity index (χ1n) is 10.7. The topological polar surface area (TPSA) is 110 Å². The highest BCUT2D eigenvalue weighted by Gasteiger charge is 2.48. The highest BCUT2D eigenvalue weighted by atomic mass is 32.2. The van der Waals surface area contributed by atoms with Crippen molar-refractivity contribution in [2.24, 2.45) is 10.6 Å². The Morgan fingerprint density at radius 1 is 1.03 bits per heavy atom. The third-order valence-electron chi connectivity index (χ3n) is 6.03. The number of nitrogens with zero attached hydrogens (tertiary/aromatic N) is 2. The highest BCUT2D eigenvalue weighted by Crippen LogP contribution is 2.45. The summed E-state index contributed by atoms with van der Waals surface area (Å²) < 4.78 is 23.2. The number of carbonyl (C=O) groups excluding carboxylic acids is 2. The number of likely N-dealkylation sites (tertiary alicyclic amines) is 1. The van der Waals surface area contributed by atoms with Gasteiger partial charge < -0.3 is 4.90 Å². The number of ketones is 1. The lowest BCUT2D eigenvalue weighted by molar-refractivity contribution is -0.129. The molecule has 34 heavy (non-hydrogen) atoms. The van der Waals surface area contributed by atoms with E-state index in [2.05, 4.69) is 4.98 Å². The average Bonchev–Trinajstić information content (AvgIpc) is 2.82. The van der Waals surface area contributed by atoms with Crippen molar-refractivity contribution in [2.75, 3.05) is 6.54 Å². The molecule has 7 nitrogen and oxygen atoms in total. The number of hydrogen-bond acceptors (Lipinski definition) is 5. The first kappa shape index (κ1) is 23.5. The molecular weight excluding hydrogens is 450 g/mol. The number of amides is 1. The minimum absolute atomic E-state index is 0.0550. The number of rotatable bonds is 4. The molecule has 1 atom stereocenters. The average molecular weight is 476 g/mol. The monoisotopic (exact) mass is 475 g/mol. The number of pyridine rings is 1. The molecule has 0 bridgehead atoms. The number of hydrogen-bond donors (Lipinski definition) is 1. The van der Waals surface area contributed by atoms with Gasteiger partial charge in [0.2, 0.25) is 10.0 Å². The molecule has 0 saturated carbocycles. The van der Waals surface area contributed by atoms with Crippen molar-refractivity contribution in [3.8, 4) is 0 Å². The molecule has 0 radical (unpaired) electrons. The quantitative estimate of drug-likeness (QED) is 0.580. The van der Waals surface area contributed by atoms with Crippen molar-refractivity contribution in [3.63, 3.8) is 0 Å². The Hall–Kier alpha value is -3.62. The molecule has 1 unspecified atom stereocenters. The number of aromatic nitrogens is 1. The maximum absolute atomic E-state index is 13.7. The van der Waals surface area contributed by atoms with Crippen LogP contribution < -0.4 is 5.14 Å². The fourth-order valence-electron chi connectivity index (χ4n) is 4.40. The molecule has 1 fully saturated rings. The maximum Gasteiger partial charge on any atom is 0.254 e. The molecule has 2 N–H and O–H groups in total. The second-order valence-corrected chi connectivity index (χ2v) is 10.4. The lowest BCUT2D eigenvalue weighted by Gasteiger charge is -2.46. The predicted octanol–water partition coefficient (Wildman–Crippen LogP) is 3.61. The summed E-state index contributed by atoms with van der Waals surface area (Å²) in [6.45, 7) is 3.76. The van der Waals surface area contributed by atoms with Crippen LogP contribution in [0.15, 0.2) is 89.5 Å². The summed E-state index contributed by atoms with van der Waals surface area (Å²) in [6, 6.07) is 19.8. The molecule has 0 spiro atoms. The molecule has 8 heteroatoms. The van der Waals surface area contributed by atoms with Crippen molar-refractivity contribution in [3.05, 3.63) is 101 Å². The Kier molecular flexibility index (Phi) is 6.20. The second kappa shape index (κ2) is 8.96. The Bertz CT molecular complexity index is 1350. The van der Waals surface area contributed by atoms with E-state index in [0.29, 0.717) is 16.8 Å². The van der Waals surface area contributed by atoms with Crippen LogP contribution in [0.3, 0.4) is 0 Å². The standard InChI is InChI=1S/C26H25N3O4S/c1-26(2)23(18-8-4-3-5-9-18)29(17-20(24(26)30)16-21-10-6-7-15-28-21)25(31)19-11-13-22(14-12-19)34(27,32)33/h3-16,23H,17H2,1-2H3,(H2,27,32,33). The summed E-state index contributed by atoms with van der Waals surface area (Å²) in [7, 11) is -3.88. The number of benzene rings is 2. The van der Waals surface area contributed by atoms with Gasteiger partial charge in [-0.15, -0.1) is 0 Å². The molecule has 1 amide bonds. The normalized spacial score (nSPS) is 19.3. The molecule has 0 aliphatic carbocycles. The van der Waals surface area contributed by atoms with E-state index in [1.54, 1.807) is 29.3 Å². The zero-order valence-corrected chi connectivity index (χ0v) is 19.7. The van der Waals surface area contributed by atoms with Crippen LogP contribution in [0.2, 0.25) is 0 Å². The molecule has 4 rings (SSSR count). The van der Waals surface area contributed by atoms with Crippen molar-refractivity contribution in [2.45, 2.75) is 24.8 Å². The van der Waals surface area contributed by atoms with Crippen molar-refractivity contribution >= 4 is 27.8 Å². The third kappa shape index (κ3) is 4.55. The number of nitrogens with two attached hydrogens (primary N) is 1. The van der Waals surface area contributed by atoms with Gasteiger partial charge in [-0.2, -0.15) is 0 Å². The van der Waals surface area contributed by atoms with Crippen molar-refractivity contribution in [1.29, 1.82) is 0 Å². The van der Waals surface area contributed by atoms with Gasteiger partial charge in [-0.3, -0.25) is 14.6 Å². The van der Waals surface area contributed by atoms with Gasteiger partial charge in [0.15, 0.2) is 5.78 Å². The molecule has 2 aromatic carbocycles. The van der Waals surface area contributed by atoms with E-state index < -0.39 is 21.5 Å². The summed E-state index contributed by atoms with van der Waals surface area (Å²) in [5, 5.41) is 5.19. The number of piperidine rings is 1. The zero-order chi connectivity index (χ0) is 24.5. The molecule has 1 saturated heterocycles. The Balaban J connectivity index is 1.80. The van der Waals surface area contributed by atoms with E-state index in [9.17, 15) is 18.0 Å². The van der Waals surface area contributed by atoms with E-state index in [4.69, 9.17) is 5.14 Å². The van der Waals surface area contributed by atoms with E-state index in [1.165, 1.54) is 24.3 Å². The molecule has 1 aliphatic heterocycles. The van der Waals surface area contributed by atoms with Gasteiger partial charge in [0.25, 0.3) is 5.91 Å². The lowest BCUT2D eigenvalue weighted by atomic mass is 9.70. The summed E-state index contributed by atoms with van der Waals surface area (Å²) in [4.78, 5) is 33.2. The van der Waals surface area contributed by atoms with Gasteiger partial charge in [0.05, 0.1) is 28.6 Å². The smallest absolute Gasteiger partial charge is 0.254 e. The first-order chi connectivity index (χ1) is 16.1. The Labute approximate surface area is 199 Å². The molecular formula is C26H25N3O4S. The van der Waals surface area contributed by atoms with Crippen LogP contribution in [-0.2, 0) is 14.8 Å². The van der Waals surface area contributed by atoms with Crippen LogP contribution in [0.5, 0.6) is 0 Å². The fraction of sp³-hybridized carbons (Fsp3) is 0.192. The summed E-state index contributed by atoms with van der Waals surface area (Å²) in [6.07, 6.45) is 3.36. The minimum atomic E-state index is -3.88. The zero-order valence-electron chi connectivity index (χ0n) is 18.9. The van der Waals surface area contributed by atoms with E-state index in [-0.39, 0.29) is 23.1 Å². The van der Waals surface area contributed by atoms with Gasteiger partial charge in [0, 0.05) is 17.3 Å². The van der Waals surface area contributed by atoms with Crippen LogP contribution in [0.4, 0.5) is 0 Å². The van der Waals surface area contributed by atoms with E-state index in [1.807, 2.05) is 50.2 Å². The van der Waals surface area contributed by atoms with Crippen LogP contribution in [0.25, 0.3) is 6.08 Å². The van der Waals surface area contributed by atoms with Crippen molar-refractivity contribution in [1.82, 2.24) is 9.88 Å². The lowest BCUT2D eigenvalue weighted by Crippen LogP contribution is -2.52. The SMILES string of the molecule is CC1(C)C(=O)C(=Cc2ccccn2)CN(C(=O)c2ccc(S(N)(=O)=O)cc2)C1c1ccccc1. The molecule has 174 valence electrons. The molecule has 1 aliphatic rings. The second-order valence-electron chi connectivity index (χ2n) is 8.79. The Morgan fingerprint density at radius 2 is 1.68 bits per heavy atom. The van der Waals surface area contributed by atoms with Gasteiger partial charge in [-0.05, 0) is 48.0 Å². The molecule has 3 aromatic rings. The van der Waals surface area contributed by atoms with E-state index >= 15 is 0 Å². The number of Topliss-reactive ketones (excluding diaryl/α,β-unsaturated/α-hetero) is 1. The van der Waals surface area contributed by atoms with Gasteiger partial charge in [0.1, 0.15) is 0 Å². The first-order valence-corrected chi connectivity index (χ1v) is 12.3. The minimum Gasteiger partial charge on any atom is -0.326 e. The number of primary sulfonamides is 1. The molecule has 2 heterocycles. The van der Waals surface area contributed by atoms with Crippen LogP contribution in [-0.4, -0.2) is 36.5 Å². The fourth-order valence-corrected chi connectivity index (χ4v) is 4.91. The van der Waals surface area contributed by atoms with Gasteiger partial charge in [-0.1, -0.05) is 50.2 Å². The van der Waals surface area contributed by atoms with Crippen molar-refractivity contribution < 1.29 is 18.0 Å². The number of carbonyl (C=O) groups is 2. The van der Waals surface area contributed by atoms with E-state index in [0.717, 1.165) is 5.56 Å². The summed E-state index contributed by atoms with van der Waals surface area (Å²) in [5.74, 6) is -0.372. The third-order valence-corrected chi connectivity index (χ3v) is 6.96. The number of sulfonamides is 1. The van der Waals surface area contributed by atoms with Gasteiger partial charge >= 0.3 is 0 Å². The largest absolute Gasteiger partial charge is 0.326 e. The highest BCUT2D eigenvalue weighted by molar-refractivity contribution is 7.89. The van der Waals surface area contributed by atoms with Crippen LogP contribution >= 0.6 is 0 Å². The predicted molar refractivity (Wildman–Crippen MR) is 129 cm³/mol. The Morgan fingerprint density at radius 3 is 2.26 bits per heavy atom. The summed E-state index contributed by atoms with van der Waals surface area (Å²) in [5.41, 5.74) is 1.33. The molecule has 1 aromatic heterocycles. The maximum atomic E-state index is 13.7. The van der Waals surface area contributed by atoms with Crippen LogP contribution in [0.1, 0.15) is 41.5 Å². The van der Waals surface area contributed by atoms with Gasteiger partial charge in [-0.25, -0.2) is 13.6 Å². The van der Waals surface area contributed by atoms with Crippen LogP contribution in [0, 0.1) is 5.41 Å². The summed E-state index contributed by atoms with van der Waals surface area (Å²) >= 11 is 0.